The zero-order chi connectivity index (χ0) is 15.5. The molecule has 4 rings (SSSR count). The molecule has 2 nitrogen and oxygen atoms in total. The zero-order valence-corrected chi connectivity index (χ0v) is 13.5. The van der Waals surface area contributed by atoms with Crippen molar-refractivity contribution in [2.24, 2.45) is 0 Å². The van der Waals surface area contributed by atoms with Gasteiger partial charge >= 0.3 is 0 Å². The van der Waals surface area contributed by atoms with E-state index < -0.39 is 0 Å². The fraction of sp³-hybridized carbons (Fsp3) is 0.333. The fourth-order valence-corrected chi connectivity index (χ4v) is 3.53. The smallest absolute Gasteiger partial charge is 0.0653 e. The highest BCUT2D eigenvalue weighted by molar-refractivity contribution is 5.69. The molecule has 2 aromatic carbocycles. The fourth-order valence-electron chi connectivity index (χ4n) is 3.53. The molecule has 0 atom stereocenters. The third-order valence-corrected chi connectivity index (χ3v) is 4.86. The van der Waals surface area contributed by atoms with E-state index >= 15 is 0 Å². The quantitative estimate of drug-likeness (QED) is 0.850. The molecular weight excluding hydrogens is 282 g/mol. The van der Waals surface area contributed by atoms with Crippen molar-refractivity contribution in [3.05, 3.63) is 65.2 Å². The third kappa shape index (κ3) is 3.32. The van der Waals surface area contributed by atoms with E-state index in [1.54, 1.807) is 0 Å². The predicted octanol–water partition coefficient (Wildman–Crippen LogP) is 5.11. The van der Waals surface area contributed by atoms with Crippen molar-refractivity contribution in [2.45, 2.75) is 32.1 Å². The number of hydrogen-bond acceptors (Lipinski definition) is 2. The average Bonchev–Trinajstić information content (AvgIpc) is 2.63. The highest BCUT2D eigenvalue weighted by Gasteiger charge is 2.10. The number of anilines is 2. The summed E-state index contributed by atoms with van der Waals surface area (Å²) in [6.45, 7) is 1.57. The van der Waals surface area contributed by atoms with Crippen LogP contribution in [0.1, 0.15) is 36.0 Å². The molecule has 1 aliphatic heterocycles. The van der Waals surface area contributed by atoms with Gasteiger partial charge in [0.25, 0.3) is 0 Å². The minimum atomic E-state index is 0.741. The van der Waals surface area contributed by atoms with Gasteiger partial charge in [-0.25, -0.2) is 0 Å². The number of ether oxygens (including phenoxy) is 1. The summed E-state index contributed by atoms with van der Waals surface area (Å²) in [6, 6.07) is 15.6. The number of fused-ring (bicyclic) bond motifs is 1. The van der Waals surface area contributed by atoms with Crippen LogP contribution in [0.3, 0.4) is 0 Å². The van der Waals surface area contributed by atoms with Gasteiger partial charge in [0, 0.05) is 11.4 Å². The van der Waals surface area contributed by atoms with Crippen LogP contribution >= 0.6 is 0 Å². The second kappa shape index (κ2) is 6.59. The SMILES string of the molecule is C1=C(c2ccc(Nc3ccc4c(c3)CCCC4)cc2)CCOC1. The third-order valence-electron chi connectivity index (χ3n) is 4.86. The first kappa shape index (κ1) is 14.5. The van der Waals surface area contributed by atoms with Crippen molar-refractivity contribution in [3.8, 4) is 0 Å². The molecule has 0 saturated carbocycles. The lowest BCUT2D eigenvalue weighted by Crippen LogP contribution is -2.04. The second-order valence-corrected chi connectivity index (χ2v) is 6.45. The van der Waals surface area contributed by atoms with E-state index in [-0.39, 0.29) is 0 Å². The van der Waals surface area contributed by atoms with Crippen LogP contribution in [0.2, 0.25) is 0 Å². The molecule has 1 N–H and O–H groups in total. The molecule has 0 radical (unpaired) electrons. The van der Waals surface area contributed by atoms with Crippen LogP contribution < -0.4 is 5.32 Å². The Labute approximate surface area is 138 Å². The summed E-state index contributed by atoms with van der Waals surface area (Å²) in [5.74, 6) is 0. The Bertz CT molecular complexity index is 715. The molecule has 2 aliphatic rings. The summed E-state index contributed by atoms with van der Waals surface area (Å²) in [6.07, 6.45) is 8.32. The molecule has 23 heavy (non-hydrogen) atoms. The topological polar surface area (TPSA) is 21.3 Å². The van der Waals surface area contributed by atoms with Crippen molar-refractivity contribution in [2.75, 3.05) is 18.5 Å². The average molecular weight is 305 g/mol. The van der Waals surface area contributed by atoms with Gasteiger partial charge in [0.05, 0.1) is 13.2 Å². The van der Waals surface area contributed by atoms with Crippen LogP contribution in [-0.2, 0) is 17.6 Å². The van der Waals surface area contributed by atoms with E-state index in [0.29, 0.717) is 0 Å². The largest absolute Gasteiger partial charge is 0.377 e. The Kier molecular flexibility index (Phi) is 4.16. The molecule has 1 aliphatic carbocycles. The molecule has 118 valence electrons. The van der Waals surface area contributed by atoms with Gasteiger partial charge in [-0.1, -0.05) is 24.3 Å². The van der Waals surface area contributed by atoms with Gasteiger partial charge < -0.3 is 10.1 Å². The second-order valence-electron chi connectivity index (χ2n) is 6.45. The summed E-state index contributed by atoms with van der Waals surface area (Å²) in [5, 5.41) is 3.54. The highest BCUT2D eigenvalue weighted by atomic mass is 16.5. The monoisotopic (exact) mass is 305 g/mol. The Hall–Kier alpha value is -2.06. The van der Waals surface area contributed by atoms with Crippen molar-refractivity contribution in [1.29, 1.82) is 0 Å². The molecule has 2 heteroatoms. The molecule has 0 spiro atoms. The Balaban J connectivity index is 1.49. The van der Waals surface area contributed by atoms with Crippen molar-refractivity contribution >= 4 is 16.9 Å². The lowest BCUT2D eigenvalue weighted by molar-refractivity contribution is 0.161. The summed E-state index contributed by atoms with van der Waals surface area (Å²) in [4.78, 5) is 0. The summed E-state index contributed by atoms with van der Waals surface area (Å²) in [7, 11) is 0. The first-order chi connectivity index (χ1) is 11.4. The first-order valence-electron chi connectivity index (χ1n) is 8.64. The van der Waals surface area contributed by atoms with Crippen molar-refractivity contribution in [1.82, 2.24) is 0 Å². The van der Waals surface area contributed by atoms with Crippen LogP contribution in [0.15, 0.2) is 48.5 Å². The van der Waals surface area contributed by atoms with Gasteiger partial charge in [-0.2, -0.15) is 0 Å². The van der Waals surface area contributed by atoms with E-state index in [0.717, 1.165) is 25.3 Å². The number of aryl methyl sites for hydroxylation is 2. The van der Waals surface area contributed by atoms with Gasteiger partial charge in [-0.05, 0) is 78.6 Å². The molecule has 0 fully saturated rings. The van der Waals surface area contributed by atoms with Gasteiger partial charge in [-0.3, -0.25) is 0 Å². The minimum Gasteiger partial charge on any atom is -0.377 e. The molecule has 2 aromatic rings. The standard InChI is InChI=1S/C21H23NO/c1-2-4-19-15-21(10-7-16(19)3-1)22-20-8-5-17(6-9-20)18-11-13-23-14-12-18/h5-11,15,22H,1-4,12-14H2. The van der Waals surface area contributed by atoms with Crippen LogP contribution in [0, 0.1) is 0 Å². The molecule has 0 aromatic heterocycles. The summed E-state index contributed by atoms with van der Waals surface area (Å²) in [5.41, 5.74) is 8.11. The van der Waals surface area contributed by atoms with Crippen molar-refractivity contribution in [3.63, 3.8) is 0 Å². The molecule has 0 amide bonds. The number of nitrogens with one attached hydrogen (secondary N) is 1. The van der Waals surface area contributed by atoms with E-state index in [4.69, 9.17) is 4.74 Å². The molecule has 0 bridgehead atoms. The van der Waals surface area contributed by atoms with Gasteiger partial charge in [0.2, 0.25) is 0 Å². The van der Waals surface area contributed by atoms with Crippen LogP contribution in [-0.4, -0.2) is 13.2 Å². The van der Waals surface area contributed by atoms with Crippen LogP contribution in [0.5, 0.6) is 0 Å². The number of hydrogen-bond donors (Lipinski definition) is 1. The van der Waals surface area contributed by atoms with E-state index in [9.17, 15) is 0 Å². The number of rotatable bonds is 3. The molecule has 0 saturated heterocycles. The maximum Gasteiger partial charge on any atom is 0.0653 e. The van der Waals surface area contributed by atoms with E-state index in [1.165, 1.54) is 53.6 Å². The Morgan fingerprint density at radius 3 is 2.35 bits per heavy atom. The normalized spacial score (nSPS) is 17.3. The van der Waals surface area contributed by atoms with E-state index in [1.807, 2.05) is 0 Å². The van der Waals surface area contributed by atoms with Crippen LogP contribution in [0.25, 0.3) is 5.57 Å². The maximum absolute atomic E-state index is 5.38. The van der Waals surface area contributed by atoms with Crippen LogP contribution in [0.4, 0.5) is 11.4 Å². The predicted molar refractivity (Wildman–Crippen MR) is 96.2 cm³/mol. The first-order valence-corrected chi connectivity index (χ1v) is 8.64. The molecule has 1 heterocycles. The minimum absolute atomic E-state index is 0.741. The lowest BCUT2D eigenvalue weighted by atomic mass is 9.91. The molecule has 0 unspecified atom stereocenters. The summed E-state index contributed by atoms with van der Waals surface area (Å²) < 4.78 is 5.38. The maximum atomic E-state index is 5.38. The Morgan fingerprint density at radius 1 is 0.783 bits per heavy atom. The zero-order valence-electron chi connectivity index (χ0n) is 13.5. The van der Waals surface area contributed by atoms with Gasteiger partial charge in [0.15, 0.2) is 0 Å². The van der Waals surface area contributed by atoms with Gasteiger partial charge in [0.1, 0.15) is 0 Å². The molecular formula is C21H23NO. The Morgan fingerprint density at radius 2 is 1.57 bits per heavy atom. The van der Waals surface area contributed by atoms with Crippen molar-refractivity contribution < 1.29 is 4.74 Å². The number of benzene rings is 2. The summed E-state index contributed by atoms with van der Waals surface area (Å²) >= 11 is 0. The lowest BCUT2D eigenvalue weighted by Gasteiger charge is -2.17. The highest BCUT2D eigenvalue weighted by Crippen LogP contribution is 2.27. The van der Waals surface area contributed by atoms with Gasteiger partial charge in [-0.15, -0.1) is 0 Å². The van der Waals surface area contributed by atoms with E-state index in [2.05, 4.69) is 53.9 Å².